The van der Waals surface area contributed by atoms with Gasteiger partial charge in [-0.1, -0.05) is 13.0 Å². The first kappa shape index (κ1) is 14.5. The van der Waals surface area contributed by atoms with Crippen LogP contribution in [0.4, 0.5) is 0 Å². The molecule has 0 radical (unpaired) electrons. The van der Waals surface area contributed by atoms with Crippen molar-refractivity contribution in [1.29, 1.82) is 5.26 Å². The standard InChI is InChI=1S/C12H16N2O3S/c1-4-14-18(15,16)12-7-5-6-11(10(12)8-13)17-9(2)3/h5-7,9,14H,4H2,1-3H3. The summed E-state index contributed by atoms with van der Waals surface area (Å²) >= 11 is 0. The molecule has 0 aliphatic rings. The number of rotatable bonds is 5. The summed E-state index contributed by atoms with van der Waals surface area (Å²) in [5.41, 5.74) is 0.0344. The Morgan fingerprint density at radius 2 is 2.11 bits per heavy atom. The topological polar surface area (TPSA) is 79.2 Å². The summed E-state index contributed by atoms with van der Waals surface area (Å²) in [5.74, 6) is 0.284. The van der Waals surface area contributed by atoms with E-state index < -0.39 is 10.0 Å². The Kier molecular flexibility index (Phi) is 4.70. The summed E-state index contributed by atoms with van der Waals surface area (Å²) in [6.07, 6.45) is -0.130. The highest BCUT2D eigenvalue weighted by Crippen LogP contribution is 2.25. The first-order chi connectivity index (χ1) is 8.42. The second-order valence-electron chi connectivity index (χ2n) is 3.91. The number of ether oxygens (including phenoxy) is 1. The fourth-order valence-corrected chi connectivity index (χ4v) is 2.67. The molecule has 1 aromatic rings. The molecule has 1 N–H and O–H groups in total. The predicted octanol–water partition coefficient (Wildman–Crippen LogP) is 1.64. The Morgan fingerprint density at radius 1 is 1.44 bits per heavy atom. The summed E-state index contributed by atoms with van der Waals surface area (Å²) in [4.78, 5) is -0.0509. The molecule has 0 aliphatic carbocycles. The number of nitrogens with one attached hydrogen (secondary N) is 1. The van der Waals surface area contributed by atoms with Gasteiger partial charge in [-0.3, -0.25) is 0 Å². The molecule has 0 saturated heterocycles. The molecule has 98 valence electrons. The van der Waals surface area contributed by atoms with Crippen LogP contribution in [0, 0.1) is 11.3 Å². The summed E-state index contributed by atoms with van der Waals surface area (Å²) < 4.78 is 31.7. The van der Waals surface area contributed by atoms with E-state index in [2.05, 4.69) is 4.72 Å². The first-order valence-corrected chi connectivity index (χ1v) is 7.10. The van der Waals surface area contributed by atoms with E-state index >= 15 is 0 Å². The minimum Gasteiger partial charge on any atom is -0.490 e. The molecule has 0 unspecified atom stereocenters. The minimum absolute atomic E-state index is 0.0344. The molecule has 0 amide bonds. The van der Waals surface area contributed by atoms with Crippen molar-refractivity contribution in [3.05, 3.63) is 23.8 Å². The molecule has 18 heavy (non-hydrogen) atoms. The van der Waals surface area contributed by atoms with Gasteiger partial charge in [0, 0.05) is 6.54 Å². The lowest BCUT2D eigenvalue weighted by molar-refractivity contribution is 0.241. The molecule has 0 heterocycles. The van der Waals surface area contributed by atoms with Gasteiger partial charge in [-0.2, -0.15) is 5.26 Å². The third kappa shape index (κ3) is 3.22. The van der Waals surface area contributed by atoms with Gasteiger partial charge in [0.2, 0.25) is 10.0 Å². The highest BCUT2D eigenvalue weighted by atomic mass is 32.2. The van der Waals surface area contributed by atoms with Crippen molar-refractivity contribution < 1.29 is 13.2 Å². The average Bonchev–Trinajstić information content (AvgIpc) is 2.27. The Morgan fingerprint density at radius 3 is 2.61 bits per heavy atom. The number of nitriles is 1. The van der Waals surface area contributed by atoms with Crippen LogP contribution in [0.1, 0.15) is 26.3 Å². The second kappa shape index (κ2) is 5.85. The molecule has 6 heteroatoms. The Balaban J connectivity index is 3.35. The van der Waals surface area contributed by atoms with Gasteiger partial charge in [0.25, 0.3) is 0 Å². The van der Waals surface area contributed by atoms with Gasteiger partial charge >= 0.3 is 0 Å². The maximum Gasteiger partial charge on any atom is 0.242 e. The number of sulfonamides is 1. The maximum atomic E-state index is 11.9. The van der Waals surface area contributed by atoms with Crippen LogP contribution in [-0.4, -0.2) is 21.1 Å². The van der Waals surface area contributed by atoms with Crippen molar-refractivity contribution in [2.24, 2.45) is 0 Å². The van der Waals surface area contributed by atoms with E-state index in [1.165, 1.54) is 6.07 Å². The van der Waals surface area contributed by atoms with Crippen molar-refractivity contribution in [2.75, 3.05) is 6.54 Å². The maximum absolute atomic E-state index is 11.9. The van der Waals surface area contributed by atoms with Crippen LogP contribution in [-0.2, 0) is 10.0 Å². The smallest absolute Gasteiger partial charge is 0.242 e. The monoisotopic (exact) mass is 268 g/mol. The second-order valence-corrected chi connectivity index (χ2v) is 5.64. The van der Waals surface area contributed by atoms with Crippen LogP contribution in [0.2, 0.25) is 0 Å². The van der Waals surface area contributed by atoms with Crippen molar-refractivity contribution >= 4 is 10.0 Å². The zero-order valence-corrected chi connectivity index (χ0v) is 11.4. The lowest BCUT2D eigenvalue weighted by atomic mass is 10.2. The zero-order chi connectivity index (χ0) is 13.8. The van der Waals surface area contributed by atoms with Crippen LogP contribution in [0.25, 0.3) is 0 Å². The molecular formula is C12H16N2O3S. The van der Waals surface area contributed by atoms with E-state index in [9.17, 15) is 8.42 Å². The minimum atomic E-state index is -3.66. The van der Waals surface area contributed by atoms with E-state index in [0.29, 0.717) is 0 Å². The summed E-state index contributed by atoms with van der Waals surface area (Å²) in [6, 6.07) is 6.43. The fourth-order valence-electron chi connectivity index (χ4n) is 1.47. The van der Waals surface area contributed by atoms with Crippen molar-refractivity contribution in [3.63, 3.8) is 0 Å². The van der Waals surface area contributed by atoms with Gasteiger partial charge in [-0.05, 0) is 26.0 Å². The Labute approximate surface area is 107 Å². The molecule has 0 aliphatic heterocycles. The molecular weight excluding hydrogens is 252 g/mol. The van der Waals surface area contributed by atoms with Crippen molar-refractivity contribution in [1.82, 2.24) is 4.72 Å². The lowest BCUT2D eigenvalue weighted by Gasteiger charge is -2.13. The Bertz CT molecular complexity index is 559. The molecule has 1 rings (SSSR count). The quantitative estimate of drug-likeness (QED) is 0.880. The normalized spacial score (nSPS) is 11.3. The van der Waals surface area contributed by atoms with Crippen LogP contribution in [0.5, 0.6) is 5.75 Å². The average molecular weight is 268 g/mol. The lowest BCUT2D eigenvalue weighted by Crippen LogP contribution is -2.24. The van der Waals surface area contributed by atoms with Crippen molar-refractivity contribution in [3.8, 4) is 11.8 Å². The van der Waals surface area contributed by atoms with E-state index in [1.54, 1.807) is 19.1 Å². The van der Waals surface area contributed by atoms with Gasteiger partial charge in [-0.15, -0.1) is 0 Å². The first-order valence-electron chi connectivity index (χ1n) is 5.61. The zero-order valence-electron chi connectivity index (χ0n) is 10.6. The molecule has 1 aromatic carbocycles. The third-order valence-corrected chi connectivity index (χ3v) is 3.67. The van der Waals surface area contributed by atoms with Crippen LogP contribution < -0.4 is 9.46 Å². The van der Waals surface area contributed by atoms with Crippen LogP contribution >= 0.6 is 0 Å². The molecule has 0 bridgehead atoms. The van der Waals surface area contributed by atoms with Gasteiger partial charge in [0.1, 0.15) is 22.3 Å². The molecule has 0 fully saturated rings. The van der Waals surface area contributed by atoms with Gasteiger partial charge in [-0.25, -0.2) is 13.1 Å². The van der Waals surface area contributed by atoms with E-state index in [1.807, 2.05) is 19.9 Å². The Hall–Kier alpha value is -1.58. The van der Waals surface area contributed by atoms with Crippen LogP contribution in [0.15, 0.2) is 23.1 Å². The summed E-state index contributed by atoms with van der Waals surface area (Å²) in [5, 5.41) is 9.12. The highest BCUT2D eigenvalue weighted by Gasteiger charge is 2.21. The van der Waals surface area contributed by atoms with Crippen molar-refractivity contribution in [2.45, 2.75) is 31.8 Å². The van der Waals surface area contributed by atoms with Crippen LogP contribution in [0.3, 0.4) is 0 Å². The third-order valence-electron chi connectivity index (χ3n) is 2.09. The molecule has 0 spiro atoms. The van der Waals surface area contributed by atoms with Gasteiger partial charge < -0.3 is 4.74 Å². The molecule has 0 saturated carbocycles. The van der Waals surface area contributed by atoms with E-state index in [4.69, 9.17) is 10.00 Å². The largest absolute Gasteiger partial charge is 0.490 e. The molecule has 5 nitrogen and oxygen atoms in total. The highest BCUT2D eigenvalue weighted by molar-refractivity contribution is 7.89. The summed E-state index contributed by atoms with van der Waals surface area (Å²) in [7, 11) is -3.66. The molecule has 0 atom stereocenters. The number of hydrogen-bond donors (Lipinski definition) is 1. The predicted molar refractivity (Wildman–Crippen MR) is 67.8 cm³/mol. The van der Waals surface area contributed by atoms with E-state index in [-0.39, 0.29) is 28.9 Å². The fraction of sp³-hybridized carbons (Fsp3) is 0.417. The number of nitrogens with zero attached hydrogens (tertiary/aromatic N) is 1. The van der Waals surface area contributed by atoms with Gasteiger partial charge in [0.05, 0.1) is 6.10 Å². The summed E-state index contributed by atoms with van der Waals surface area (Å²) in [6.45, 7) is 5.57. The van der Waals surface area contributed by atoms with E-state index in [0.717, 1.165) is 0 Å². The van der Waals surface area contributed by atoms with Gasteiger partial charge in [0.15, 0.2) is 0 Å². The number of benzene rings is 1. The molecule has 0 aromatic heterocycles. The SMILES string of the molecule is CCNS(=O)(=O)c1cccc(OC(C)C)c1C#N. The number of hydrogen-bond acceptors (Lipinski definition) is 4.